The van der Waals surface area contributed by atoms with Crippen LogP contribution in [0.1, 0.15) is 85.5 Å². The highest BCUT2D eigenvalue weighted by molar-refractivity contribution is 5.87. The van der Waals surface area contributed by atoms with E-state index in [9.17, 15) is 9.59 Å². The topological polar surface area (TPSA) is 52.6 Å². The first-order chi connectivity index (χ1) is 14.5. The Labute approximate surface area is 187 Å². The molecule has 6 bridgehead atoms. The van der Waals surface area contributed by atoms with Crippen LogP contribution in [0.2, 0.25) is 0 Å². The fraction of sp³-hybridized carbons (Fsp3) is 0.778. The Balaban J connectivity index is 0.000000149. The normalized spacial score (nSPS) is 43.0. The molecule has 3 atom stereocenters. The molecular weight excluding hydrogens is 388 g/mol. The quantitative estimate of drug-likeness (QED) is 0.407. The van der Waals surface area contributed by atoms with Crippen molar-refractivity contribution >= 4 is 11.9 Å². The molecule has 0 heterocycles. The van der Waals surface area contributed by atoms with Crippen LogP contribution in [0.3, 0.4) is 0 Å². The summed E-state index contributed by atoms with van der Waals surface area (Å²) in [6.07, 6.45) is 12.4. The number of carbonyl (C=O) groups is 2. The average molecular weight is 429 g/mol. The molecule has 0 radical (unpaired) electrons. The Morgan fingerprint density at radius 2 is 1.52 bits per heavy atom. The molecule has 0 aromatic heterocycles. The van der Waals surface area contributed by atoms with Crippen molar-refractivity contribution in [1.29, 1.82) is 0 Å². The van der Waals surface area contributed by atoms with Gasteiger partial charge in [0, 0.05) is 17.1 Å². The monoisotopic (exact) mass is 428 g/mol. The largest absolute Gasteiger partial charge is 0.458 e. The molecule has 6 aliphatic rings. The molecule has 0 aromatic rings. The predicted molar refractivity (Wildman–Crippen MR) is 121 cm³/mol. The lowest BCUT2D eigenvalue weighted by atomic mass is 9.54. The first kappa shape index (κ1) is 22.6. The molecule has 172 valence electrons. The first-order valence-electron chi connectivity index (χ1n) is 12.2. The minimum atomic E-state index is -0.227. The van der Waals surface area contributed by atoms with Gasteiger partial charge < -0.3 is 9.47 Å². The smallest absolute Gasteiger partial charge is 0.333 e. The maximum absolute atomic E-state index is 11.6. The van der Waals surface area contributed by atoms with Gasteiger partial charge in [-0.15, -0.1) is 0 Å². The highest BCUT2D eigenvalue weighted by Crippen LogP contribution is 2.66. The summed E-state index contributed by atoms with van der Waals surface area (Å²) in [5.41, 5.74) is 0.861. The molecule has 6 saturated carbocycles. The number of carbonyl (C=O) groups excluding carboxylic acids is 2. The van der Waals surface area contributed by atoms with Crippen LogP contribution in [0.15, 0.2) is 24.8 Å². The summed E-state index contributed by atoms with van der Waals surface area (Å²) in [6.45, 7) is 15.8. The van der Waals surface area contributed by atoms with E-state index in [1.54, 1.807) is 6.92 Å². The van der Waals surface area contributed by atoms with Gasteiger partial charge in [0.1, 0.15) is 11.7 Å². The van der Waals surface area contributed by atoms with Crippen LogP contribution in [0, 0.1) is 34.5 Å². The molecule has 3 unspecified atom stereocenters. The Kier molecular flexibility index (Phi) is 5.67. The van der Waals surface area contributed by atoms with Crippen molar-refractivity contribution in [3.8, 4) is 0 Å². The SMILES string of the molecule is C=C(C)C(=O)OC1CC2CCC1(C)C2(C)C.C=CC(=O)OC12CC3CC(CC(C3)C1)C2. The van der Waals surface area contributed by atoms with Gasteiger partial charge in [-0.1, -0.05) is 33.9 Å². The summed E-state index contributed by atoms with van der Waals surface area (Å²) in [6, 6.07) is 0. The fourth-order valence-electron chi connectivity index (χ4n) is 7.95. The third-order valence-corrected chi connectivity index (χ3v) is 9.78. The molecular formula is C27H40O4. The van der Waals surface area contributed by atoms with E-state index in [1.807, 2.05) is 0 Å². The molecule has 0 saturated heterocycles. The lowest BCUT2D eigenvalue weighted by Crippen LogP contribution is -2.52. The average Bonchev–Trinajstić information content (AvgIpc) is 3.00. The first-order valence-corrected chi connectivity index (χ1v) is 12.2. The van der Waals surface area contributed by atoms with E-state index in [4.69, 9.17) is 9.47 Å². The molecule has 0 aliphatic heterocycles. The van der Waals surface area contributed by atoms with E-state index in [0.717, 1.165) is 43.4 Å². The molecule has 0 N–H and O–H groups in total. The van der Waals surface area contributed by atoms with E-state index < -0.39 is 0 Å². The van der Waals surface area contributed by atoms with Gasteiger partial charge in [-0.2, -0.15) is 0 Å². The van der Waals surface area contributed by atoms with Gasteiger partial charge in [0.25, 0.3) is 0 Å². The minimum absolute atomic E-state index is 0.0884. The van der Waals surface area contributed by atoms with Crippen molar-refractivity contribution in [2.45, 2.75) is 97.2 Å². The van der Waals surface area contributed by atoms with Crippen LogP contribution >= 0.6 is 0 Å². The molecule has 6 rings (SSSR count). The summed E-state index contributed by atoms with van der Waals surface area (Å²) in [5.74, 6) is 2.74. The van der Waals surface area contributed by atoms with Gasteiger partial charge in [0.2, 0.25) is 0 Å². The van der Waals surface area contributed by atoms with Crippen LogP contribution in [0.5, 0.6) is 0 Å². The number of hydrogen-bond donors (Lipinski definition) is 0. The van der Waals surface area contributed by atoms with Crippen molar-refractivity contribution in [2.24, 2.45) is 34.5 Å². The number of hydrogen-bond acceptors (Lipinski definition) is 4. The Morgan fingerprint density at radius 3 is 1.90 bits per heavy atom. The van der Waals surface area contributed by atoms with E-state index >= 15 is 0 Å². The van der Waals surface area contributed by atoms with E-state index in [0.29, 0.717) is 16.9 Å². The minimum Gasteiger partial charge on any atom is -0.458 e. The summed E-state index contributed by atoms with van der Waals surface area (Å²) < 4.78 is 11.2. The molecule has 6 aliphatic carbocycles. The van der Waals surface area contributed by atoms with Gasteiger partial charge in [-0.25, -0.2) is 9.59 Å². The second kappa shape index (κ2) is 7.78. The van der Waals surface area contributed by atoms with Gasteiger partial charge in [0.15, 0.2) is 0 Å². The third kappa shape index (κ3) is 3.89. The highest BCUT2D eigenvalue weighted by atomic mass is 16.6. The summed E-state index contributed by atoms with van der Waals surface area (Å²) in [7, 11) is 0. The second-order valence-corrected chi connectivity index (χ2v) is 12.0. The van der Waals surface area contributed by atoms with E-state index in [2.05, 4.69) is 33.9 Å². The number of rotatable bonds is 4. The zero-order valence-corrected chi connectivity index (χ0v) is 19.9. The van der Waals surface area contributed by atoms with E-state index in [1.165, 1.54) is 38.2 Å². The molecule has 0 amide bonds. The van der Waals surface area contributed by atoms with Gasteiger partial charge in [-0.05, 0) is 93.8 Å². The molecule has 4 nitrogen and oxygen atoms in total. The molecule has 31 heavy (non-hydrogen) atoms. The van der Waals surface area contributed by atoms with Crippen molar-refractivity contribution in [2.75, 3.05) is 0 Å². The Morgan fingerprint density at radius 1 is 0.968 bits per heavy atom. The number of esters is 2. The molecule has 0 aromatic carbocycles. The second-order valence-electron chi connectivity index (χ2n) is 12.0. The van der Waals surface area contributed by atoms with Crippen molar-refractivity contribution < 1.29 is 19.1 Å². The van der Waals surface area contributed by atoms with Gasteiger partial charge >= 0.3 is 11.9 Å². The number of ether oxygens (including phenoxy) is 2. The number of fused-ring (bicyclic) bond motifs is 2. The predicted octanol–water partition coefficient (Wildman–Crippen LogP) is 6.00. The van der Waals surface area contributed by atoms with Gasteiger partial charge in [0.05, 0.1) is 0 Å². The van der Waals surface area contributed by atoms with Crippen LogP contribution < -0.4 is 0 Å². The highest BCUT2D eigenvalue weighted by Gasteiger charge is 2.62. The van der Waals surface area contributed by atoms with Crippen LogP contribution in [-0.4, -0.2) is 23.6 Å². The zero-order chi connectivity index (χ0) is 22.6. The lowest BCUT2D eigenvalue weighted by molar-refractivity contribution is -0.181. The molecule has 0 spiro atoms. The van der Waals surface area contributed by atoms with Crippen LogP contribution in [-0.2, 0) is 19.1 Å². The maximum Gasteiger partial charge on any atom is 0.333 e. The lowest BCUT2D eigenvalue weighted by Gasteiger charge is -2.55. The van der Waals surface area contributed by atoms with Gasteiger partial charge in [-0.3, -0.25) is 0 Å². The summed E-state index contributed by atoms with van der Waals surface area (Å²) in [4.78, 5) is 23.0. The molecule has 6 fully saturated rings. The maximum atomic E-state index is 11.6. The Hall–Kier alpha value is -1.58. The van der Waals surface area contributed by atoms with Crippen molar-refractivity contribution in [3.05, 3.63) is 24.8 Å². The van der Waals surface area contributed by atoms with Crippen LogP contribution in [0.25, 0.3) is 0 Å². The standard InChI is InChI=1S/C14H22O2.C13H18O2/c1-9(2)12(15)16-11-8-10-6-7-14(11,5)13(10,3)4;1-2-12(14)15-13-6-9-3-10(7-13)5-11(4-9)8-13/h10-11H,1,6-8H2,2-5H3;2,9-11H,1,3-8H2. The summed E-state index contributed by atoms with van der Waals surface area (Å²) >= 11 is 0. The Bertz CT molecular complexity index is 743. The molecule has 4 heteroatoms. The van der Waals surface area contributed by atoms with Crippen molar-refractivity contribution in [1.82, 2.24) is 0 Å². The van der Waals surface area contributed by atoms with Crippen LogP contribution in [0.4, 0.5) is 0 Å². The van der Waals surface area contributed by atoms with E-state index in [-0.39, 0.29) is 29.1 Å². The zero-order valence-electron chi connectivity index (χ0n) is 19.9. The third-order valence-electron chi connectivity index (χ3n) is 9.78. The fourth-order valence-corrected chi connectivity index (χ4v) is 7.95. The van der Waals surface area contributed by atoms with Crippen molar-refractivity contribution in [3.63, 3.8) is 0 Å². The summed E-state index contributed by atoms with van der Waals surface area (Å²) in [5, 5.41) is 0.